The molecule has 7 heteroatoms. The lowest BCUT2D eigenvalue weighted by Crippen LogP contribution is -2.49. The standard InChI is InChI=1S/C20H20N2O4.ClH/c1-25-19(24)16-12-22-7-4-14(16)13-2-3-18-15(10-13)17(23)11-20(26-18)5-8-21-9-6-20;/h2-4,7,10,12,21H,5-6,8-9,11H2,1H3;1H. The van der Waals surface area contributed by atoms with E-state index in [4.69, 9.17) is 9.47 Å². The number of carbonyl (C=O) groups excluding carboxylic acids is 2. The van der Waals surface area contributed by atoms with Gasteiger partial charge in [0, 0.05) is 25.2 Å². The monoisotopic (exact) mass is 388 g/mol. The van der Waals surface area contributed by atoms with E-state index in [0.717, 1.165) is 31.5 Å². The van der Waals surface area contributed by atoms with Crippen LogP contribution in [0.2, 0.25) is 0 Å². The van der Waals surface area contributed by atoms with Crippen LogP contribution in [-0.4, -0.2) is 42.5 Å². The molecule has 1 N–H and O–H groups in total. The molecule has 0 aliphatic carbocycles. The van der Waals surface area contributed by atoms with Crippen LogP contribution in [0.15, 0.2) is 36.7 Å². The summed E-state index contributed by atoms with van der Waals surface area (Å²) in [7, 11) is 1.34. The fraction of sp³-hybridized carbons (Fsp3) is 0.350. The van der Waals surface area contributed by atoms with Crippen molar-refractivity contribution in [2.24, 2.45) is 0 Å². The number of rotatable bonds is 2. The van der Waals surface area contributed by atoms with Crippen molar-refractivity contribution in [3.05, 3.63) is 47.8 Å². The first-order valence-electron chi connectivity index (χ1n) is 8.72. The summed E-state index contributed by atoms with van der Waals surface area (Å²) in [5, 5.41) is 3.31. The molecule has 2 aliphatic heterocycles. The number of ketones is 1. The van der Waals surface area contributed by atoms with Crippen molar-refractivity contribution in [3.63, 3.8) is 0 Å². The Bertz CT molecular complexity index is 878. The van der Waals surface area contributed by atoms with E-state index in [2.05, 4.69) is 10.3 Å². The first-order chi connectivity index (χ1) is 12.6. The number of esters is 1. The number of methoxy groups -OCH3 is 1. The molecule has 0 saturated carbocycles. The van der Waals surface area contributed by atoms with E-state index >= 15 is 0 Å². The third-order valence-electron chi connectivity index (χ3n) is 5.14. The van der Waals surface area contributed by atoms with Gasteiger partial charge in [0.05, 0.1) is 24.7 Å². The maximum atomic E-state index is 12.8. The number of pyridine rings is 1. The van der Waals surface area contributed by atoms with Crippen molar-refractivity contribution in [1.29, 1.82) is 0 Å². The lowest BCUT2D eigenvalue weighted by Gasteiger charge is -2.41. The molecule has 0 radical (unpaired) electrons. The minimum absolute atomic E-state index is 0. The molecular formula is C20H21ClN2O4. The Morgan fingerprint density at radius 2 is 2.00 bits per heavy atom. The number of ether oxygens (including phenoxy) is 2. The van der Waals surface area contributed by atoms with Gasteiger partial charge in [-0.15, -0.1) is 12.4 Å². The molecule has 4 rings (SSSR count). The molecule has 0 bridgehead atoms. The fourth-order valence-electron chi connectivity index (χ4n) is 3.74. The Morgan fingerprint density at radius 1 is 1.22 bits per heavy atom. The number of benzene rings is 1. The number of aromatic nitrogens is 1. The van der Waals surface area contributed by atoms with Gasteiger partial charge in [0.2, 0.25) is 0 Å². The van der Waals surface area contributed by atoms with Crippen LogP contribution in [0.4, 0.5) is 0 Å². The molecule has 0 atom stereocenters. The van der Waals surface area contributed by atoms with Crippen LogP contribution >= 0.6 is 12.4 Å². The molecule has 1 saturated heterocycles. The van der Waals surface area contributed by atoms with E-state index in [9.17, 15) is 9.59 Å². The summed E-state index contributed by atoms with van der Waals surface area (Å²) in [6, 6.07) is 7.24. The smallest absolute Gasteiger partial charge is 0.340 e. The Morgan fingerprint density at radius 3 is 2.74 bits per heavy atom. The van der Waals surface area contributed by atoms with E-state index < -0.39 is 5.97 Å². The largest absolute Gasteiger partial charge is 0.486 e. The normalized spacial score (nSPS) is 17.4. The third-order valence-corrected chi connectivity index (χ3v) is 5.14. The minimum atomic E-state index is -0.456. The number of hydrogen-bond acceptors (Lipinski definition) is 6. The van der Waals surface area contributed by atoms with Gasteiger partial charge in [0.25, 0.3) is 0 Å². The summed E-state index contributed by atoms with van der Waals surface area (Å²) < 4.78 is 11.1. The topological polar surface area (TPSA) is 77.5 Å². The summed E-state index contributed by atoms with van der Waals surface area (Å²) in [6.45, 7) is 1.72. The molecule has 1 aromatic heterocycles. The predicted octanol–water partition coefficient (Wildman–Crippen LogP) is 3.04. The molecule has 1 aromatic carbocycles. The van der Waals surface area contributed by atoms with Crippen LogP contribution in [0.25, 0.3) is 11.1 Å². The van der Waals surface area contributed by atoms with Gasteiger partial charge in [-0.1, -0.05) is 6.07 Å². The van der Waals surface area contributed by atoms with Gasteiger partial charge in [-0.2, -0.15) is 0 Å². The molecule has 2 aromatic rings. The van der Waals surface area contributed by atoms with Crippen molar-refractivity contribution in [3.8, 4) is 16.9 Å². The van der Waals surface area contributed by atoms with Gasteiger partial charge in [0.15, 0.2) is 5.78 Å². The summed E-state index contributed by atoms with van der Waals surface area (Å²) in [5.74, 6) is 0.256. The number of carbonyl (C=O) groups is 2. The van der Waals surface area contributed by atoms with Crippen molar-refractivity contribution in [2.45, 2.75) is 24.9 Å². The quantitative estimate of drug-likeness (QED) is 0.797. The average molecular weight is 389 g/mol. The predicted molar refractivity (Wildman–Crippen MR) is 103 cm³/mol. The molecule has 27 heavy (non-hydrogen) atoms. The maximum absolute atomic E-state index is 12.8. The summed E-state index contributed by atoms with van der Waals surface area (Å²) in [6.07, 6.45) is 5.14. The second-order valence-corrected chi connectivity index (χ2v) is 6.76. The Hall–Kier alpha value is -2.44. The molecule has 6 nitrogen and oxygen atoms in total. The highest BCUT2D eigenvalue weighted by Crippen LogP contribution is 2.40. The van der Waals surface area contributed by atoms with Gasteiger partial charge >= 0.3 is 5.97 Å². The SMILES string of the molecule is COC(=O)c1cnccc1-c1ccc2c(c1)C(=O)CC1(CCNCC1)O2.Cl. The van der Waals surface area contributed by atoms with Crippen LogP contribution in [0.3, 0.4) is 0 Å². The van der Waals surface area contributed by atoms with Gasteiger partial charge in [0.1, 0.15) is 11.4 Å². The van der Waals surface area contributed by atoms with Crippen LogP contribution in [0.1, 0.15) is 40.0 Å². The van der Waals surface area contributed by atoms with E-state index in [1.807, 2.05) is 12.1 Å². The highest BCUT2D eigenvalue weighted by atomic mass is 35.5. The lowest BCUT2D eigenvalue weighted by molar-refractivity contribution is 0.0187. The Kier molecular flexibility index (Phi) is 5.48. The van der Waals surface area contributed by atoms with Gasteiger partial charge in [-0.05, 0) is 42.4 Å². The highest BCUT2D eigenvalue weighted by molar-refractivity contribution is 6.03. The van der Waals surface area contributed by atoms with Crippen molar-refractivity contribution >= 4 is 24.2 Å². The highest BCUT2D eigenvalue weighted by Gasteiger charge is 2.41. The minimum Gasteiger partial charge on any atom is -0.486 e. The third kappa shape index (κ3) is 3.55. The first-order valence-corrected chi connectivity index (χ1v) is 8.72. The number of hydrogen-bond donors (Lipinski definition) is 1. The number of halogens is 1. The molecule has 142 valence electrons. The first kappa shape index (κ1) is 19.3. The van der Waals surface area contributed by atoms with Crippen LogP contribution in [0, 0.1) is 0 Å². The molecule has 2 aliphatic rings. The van der Waals surface area contributed by atoms with Crippen molar-refractivity contribution in [1.82, 2.24) is 10.3 Å². The van der Waals surface area contributed by atoms with Gasteiger partial charge in [-0.3, -0.25) is 9.78 Å². The molecule has 3 heterocycles. The molecule has 1 spiro atoms. The summed E-state index contributed by atoms with van der Waals surface area (Å²) in [4.78, 5) is 28.8. The summed E-state index contributed by atoms with van der Waals surface area (Å²) in [5.41, 5.74) is 2.01. The number of fused-ring (bicyclic) bond motifs is 1. The van der Waals surface area contributed by atoms with E-state index in [1.165, 1.54) is 13.3 Å². The average Bonchev–Trinajstić information content (AvgIpc) is 2.68. The van der Waals surface area contributed by atoms with Gasteiger partial charge in [-0.25, -0.2) is 4.79 Å². The lowest BCUT2D eigenvalue weighted by atomic mass is 9.82. The molecule has 1 fully saturated rings. The zero-order valence-electron chi connectivity index (χ0n) is 15.0. The van der Waals surface area contributed by atoms with Crippen molar-refractivity contribution in [2.75, 3.05) is 20.2 Å². The number of Topliss-reactive ketones (excluding diaryl/α,β-unsaturated/α-hetero) is 1. The zero-order chi connectivity index (χ0) is 18.1. The van der Waals surface area contributed by atoms with E-state index in [1.54, 1.807) is 18.3 Å². The van der Waals surface area contributed by atoms with Gasteiger partial charge < -0.3 is 14.8 Å². The maximum Gasteiger partial charge on any atom is 0.340 e. The fourth-order valence-corrected chi connectivity index (χ4v) is 3.74. The Balaban J connectivity index is 0.00000210. The van der Waals surface area contributed by atoms with Crippen LogP contribution in [0.5, 0.6) is 5.75 Å². The Labute approximate surface area is 163 Å². The zero-order valence-corrected chi connectivity index (χ0v) is 15.8. The summed E-state index contributed by atoms with van der Waals surface area (Å²) >= 11 is 0. The number of piperidine rings is 1. The molecule has 0 amide bonds. The number of nitrogens with one attached hydrogen (secondary N) is 1. The van der Waals surface area contributed by atoms with Crippen LogP contribution in [-0.2, 0) is 4.74 Å². The second kappa shape index (κ2) is 7.66. The number of nitrogens with zero attached hydrogens (tertiary/aromatic N) is 1. The molecule has 0 unspecified atom stereocenters. The van der Waals surface area contributed by atoms with Crippen LogP contribution < -0.4 is 10.1 Å². The second-order valence-electron chi connectivity index (χ2n) is 6.76. The van der Waals surface area contributed by atoms with E-state index in [-0.39, 0.29) is 23.8 Å². The van der Waals surface area contributed by atoms with Crippen molar-refractivity contribution < 1.29 is 19.1 Å². The van der Waals surface area contributed by atoms with E-state index in [0.29, 0.717) is 28.9 Å². The molecular weight excluding hydrogens is 368 g/mol.